The molecule has 0 radical (unpaired) electrons. The molecule has 0 unspecified atom stereocenters. The van der Waals surface area contributed by atoms with Crippen molar-refractivity contribution in [2.45, 2.75) is 0 Å². The monoisotopic (exact) mass is 442 g/mol. The Morgan fingerprint density at radius 2 is 0.765 bits per heavy atom. The number of benzene rings is 1. The predicted octanol–water partition coefficient (Wildman–Crippen LogP) is 2.37. The van der Waals surface area contributed by atoms with Crippen molar-refractivity contribution in [1.82, 2.24) is 60.3 Å². The quantitative estimate of drug-likeness (QED) is 0.361. The molecule has 7 aromatic rings. The molecule has 0 aliphatic heterocycles. The maximum atomic E-state index is 4.60. The molecule has 0 aliphatic rings. The van der Waals surface area contributed by atoms with Gasteiger partial charge in [0.05, 0.1) is 23.8 Å². The largest absolute Gasteiger partial charge is 0.249 e. The molecule has 158 valence electrons. The SMILES string of the molecule is c1cnc2c(n1)nnc1nc(-c3ccc(-c4cnc5c(nnc6nccnc65)n4)cc3)cnc12. The van der Waals surface area contributed by atoms with Crippen molar-refractivity contribution in [1.29, 1.82) is 0 Å². The van der Waals surface area contributed by atoms with Crippen LogP contribution < -0.4 is 0 Å². The third kappa shape index (κ3) is 2.86. The van der Waals surface area contributed by atoms with Gasteiger partial charge in [-0.2, -0.15) is 0 Å². The van der Waals surface area contributed by atoms with E-state index in [1.165, 1.54) is 0 Å². The average Bonchev–Trinajstić information content (AvgIpc) is 2.92. The molecule has 0 bridgehead atoms. The Kier molecular flexibility index (Phi) is 3.84. The van der Waals surface area contributed by atoms with Crippen molar-refractivity contribution < 1.29 is 0 Å². The maximum Gasteiger partial charge on any atom is 0.203 e. The molecule has 0 saturated carbocycles. The second-order valence-corrected chi connectivity index (χ2v) is 7.29. The summed E-state index contributed by atoms with van der Waals surface area (Å²) in [6, 6.07) is 7.73. The van der Waals surface area contributed by atoms with Crippen molar-refractivity contribution in [3.8, 4) is 22.5 Å². The van der Waals surface area contributed by atoms with Crippen LogP contribution in [0.1, 0.15) is 0 Å². The predicted molar refractivity (Wildman–Crippen MR) is 121 cm³/mol. The lowest BCUT2D eigenvalue weighted by Crippen LogP contribution is -1.98. The van der Waals surface area contributed by atoms with Crippen LogP contribution in [0.2, 0.25) is 0 Å². The Morgan fingerprint density at radius 3 is 1.24 bits per heavy atom. The Labute approximate surface area is 189 Å². The number of hydrogen-bond donors (Lipinski definition) is 0. The summed E-state index contributed by atoms with van der Waals surface area (Å²) in [4.78, 5) is 35.1. The zero-order valence-corrected chi connectivity index (χ0v) is 17.1. The fraction of sp³-hybridized carbons (Fsp3) is 0. The lowest BCUT2D eigenvalue weighted by Gasteiger charge is -2.06. The van der Waals surface area contributed by atoms with Crippen LogP contribution in [-0.2, 0) is 0 Å². The minimum atomic E-state index is 0.406. The standard InChI is InChI=1S/C22H10N12/c1-2-12(14-10-28-18-16-20(26-8-6-24-16)32-34-22(18)30-14)4-3-11(1)13-9-27-17-15-19(25-7-5-23-15)31-33-21(17)29-13/h1-10H. The summed E-state index contributed by atoms with van der Waals surface area (Å²) in [5, 5.41) is 16.5. The van der Waals surface area contributed by atoms with Gasteiger partial charge in [-0.15, -0.1) is 20.4 Å². The molecule has 6 aromatic heterocycles. The summed E-state index contributed by atoms with van der Waals surface area (Å²) >= 11 is 0. The molecule has 0 aliphatic carbocycles. The van der Waals surface area contributed by atoms with Crippen LogP contribution in [0.15, 0.2) is 61.4 Å². The van der Waals surface area contributed by atoms with E-state index in [0.717, 1.165) is 11.1 Å². The Bertz CT molecular complexity index is 1730. The van der Waals surface area contributed by atoms with E-state index < -0.39 is 0 Å². The van der Waals surface area contributed by atoms with Crippen LogP contribution >= 0.6 is 0 Å². The fourth-order valence-electron chi connectivity index (χ4n) is 3.65. The molecule has 12 heteroatoms. The van der Waals surface area contributed by atoms with Crippen LogP contribution in [0.4, 0.5) is 0 Å². The maximum absolute atomic E-state index is 4.60. The molecule has 0 saturated heterocycles. The average molecular weight is 442 g/mol. The van der Waals surface area contributed by atoms with Gasteiger partial charge in [-0.25, -0.2) is 39.9 Å². The number of hydrogen-bond acceptors (Lipinski definition) is 12. The molecule has 0 fully saturated rings. The van der Waals surface area contributed by atoms with Crippen molar-refractivity contribution in [3.05, 3.63) is 61.4 Å². The fourth-order valence-corrected chi connectivity index (χ4v) is 3.65. The summed E-state index contributed by atoms with van der Waals surface area (Å²) in [6.45, 7) is 0. The normalized spacial score (nSPS) is 11.5. The first-order chi connectivity index (χ1) is 16.8. The summed E-state index contributed by atoms with van der Waals surface area (Å²) < 4.78 is 0. The highest BCUT2D eigenvalue weighted by atomic mass is 15.2. The van der Waals surface area contributed by atoms with Gasteiger partial charge in [0, 0.05) is 35.9 Å². The van der Waals surface area contributed by atoms with Crippen LogP contribution in [0.3, 0.4) is 0 Å². The summed E-state index contributed by atoms with van der Waals surface area (Å²) in [7, 11) is 0. The van der Waals surface area contributed by atoms with E-state index >= 15 is 0 Å². The van der Waals surface area contributed by atoms with Gasteiger partial charge in [-0.3, -0.25) is 0 Å². The minimum absolute atomic E-state index is 0.406. The van der Waals surface area contributed by atoms with Gasteiger partial charge < -0.3 is 0 Å². The van der Waals surface area contributed by atoms with E-state index in [2.05, 4.69) is 60.3 Å². The van der Waals surface area contributed by atoms with Gasteiger partial charge >= 0.3 is 0 Å². The van der Waals surface area contributed by atoms with Crippen molar-refractivity contribution in [2.75, 3.05) is 0 Å². The zero-order chi connectivity index (χ0) is 22.5. The van der Waals surface area contributed by atoms with Gasteiger partial charge in [0.15, 0.2) is 0 Å². The molecule has 0 N–H and O–H groups in total. The number of rotatable bonds is 2. The second kappa shape index (κ2) is 7.13. The van der Waals surface area contributed by atoms with E-state index in [4.69, 9.17) is 0 Å². The van der Waals surface area contributed by atoms with Crippen LogP contribution in [-0.4, -0.2) is 60.3 Å². The lowest BCUT2D eigenvalue weighted by atomic mass is 10.1. The van der Waals surface area contributed by atoms with E-state index in [1.807, 2.05) is 24.3 Å². The summed E-state index contributed by atoms with van der Waals surface area (Å²) in [6.07, 6.45) is 9.68. The van der Waals surface area contributed by atoms with E-state index in [9.17, 15) is 0 Å². The van der Waals surface area contributed by atoms with Gasteiger partial charge in [-0.05, 0) is 0 Å². The Balaban J connectivity index is 1.26. The van der Waals surface area contributed by atoms with Crippen LogP contribution in [0.25, 0.3) is 67.2 Å². The highest BCUT2D eigenvalue weighted by Gasteiger charge is 2.12. The highest BCUT2D eigenvalue weighted by molar-refractivity contribution is 5.96. The van der Waals surface area contributed by atoms with E-state index in [-0.39, 0.29) is 0 Å². The first-order valence-electron chi connectivity index (χ1n) is 10.1. The first kappa shape index (κ1) is 18.3. The minimum Gasteiger partial charge on any atom is -0.249 e. The molecular weight excluding hydrogens is 432 g/mol. The van der Waals surface area contributed by atoms with Crippen molar-refractivity contribution in [2.24, 2.45) is 0 Å². The van der Waals surface area contributed by atoms with Crippen LogP contribution in [0, 0.1) is 0 Å². The molecule has 34 heavy (non-hydrogen) atoms. The topological polar surface area (TPSA) is 155 Å². The van der Waals surface area contributed by atoms with E-state index in [1.54, 1.807) is 37.2 Å². The summed E-state index contributed by atoms with van der Waals surface area (Å²) in [5.41, 5.74) is 7.00. The molecular formula is C22H10N12. The summed E-state index contributed by atoms with van der Waals surface area (Å²) in [5.74, 6) is 0. The van der Waals surface area contributed by atoms with Crippen molar-refractivity contribution in [3.63, 3.8) is 0 Å². The molecule has 0 spiro atoms. The molecule has 7 rings (SSSR count). The Hall–Kier alpha value is -5.26. The zero-order valence-electron chi connectivity index (χ0n) is 17.1. The highest BCUT2D eigenvalue weighted by Crippen LogP contribution is 2.25. The lowest BCUT2D eigenvalue weighted by molar-refractivity contribution is 1.05. The number of fused-ring (bicyclic) bond motifs is 6. The molecule has 0 atom stereocenters. The molecule has 0 amide bonds. The smallest absolute Gasteiger partial charge is 0.203 e. The Morgan fingerprint density at radius 1 is 0.382 bits per heavy atom. The second-order valence-electron chi connectivity index (χ2n) is 7.29. The van der Waals surface area contributed by atoms with Crippen LogP contribution in [0.5, 0.6) is 0 Å². The van der Waals surface area contributed by atoms with Gasteiger partial charge in [0.1, 0.15) is 22.1 Å². The third-order valence-electron chi connectivity index (χ3n) is 5.27. The number of aromatic nitrogens is 12. The first-order valence-corrected chi connectivity index (χ1v) is 10.1. The van der Waals surface area contributed by atoms with Crippen molar-refractivity contribution >= 4 is 44.7 Å². The van der Waals surface area contributed by atoms with Gasteiger partial charge in [0.2, 0.25) is 22.6 Å². The number of nitrogens with zero attached hydrogens (tertiary/aromatic N) is 12. The van der Waals surface area contributed by atoms with Gasteiger partial charge in [0.25, 0.3) is 0 Å². The third-order valence-corrected chi connectivity index (χ3v) is 5.27. The van der Waals surface area contributed by atoms with Gasteiger partial charge in [-0.1, -0.05) is 24.3 Å². The molecule has 12 nitrogen and oxygen atoms in total. The molecule has 6 heterocycles. The van der Waals surface area contributed by atoms with E-state index in [0.29, 0.717) is 56.0 Å². The molecule has 1 aromatic carbocycles.